The Kier molecular flexibility index (Phi) is 7.57. The standard InChI is InChI=1S/C25H22F3N5O5/c1-2-16(12-17(29)34)30-23(36)20(35)14-8-10-15(11-9-14)22-31-24(38-33-22)21-18(25(26,27)28)19(32-37-21)13-6-4-3-5-7-13/h3-11,16,20,35H,2,12H2,1H3,(H2,29,34)(H,30,36). The molecule has 0 aliphatic carbocycles. The molecule has 38 heavy (non-hydrogen) atoms. The maximum Gasteiger partial charge on any atom is 0.422 e. The van der Waals surface area contributed by atoms with Crippen LogP contribution in [0.3, 0.4) is 0 Å². The largest absolute Gasteiger partial charge is 0.422 e. The highest BCUT2D eigenvalue weighted by molar-refractivity contribution is 5.83. The van der Waals surface area contributed by atoms with Gasteiger partial charge in [0.1, 0.15) is 11.3 Å². The van der Waals surface area contributed by atoms with Gasteiger partial charge in [0.05, 0.1) is 0 Å². The average Bonchev–Trinajstić information content (AvgIpc) is 3.56. The fourth-order valence-corrected chi connectivity index (χ4v) is 3.71. The van der Waals surface area contributed by atoms with Crippen LogP contribution in [0.5, 0.6) is 0 Å². The third-order valence-corrected chi connectivity index (χ3v) is 5.66. The fraction of sp³-hybridized carbons (Fsp3) is 0.240. The van der Waals surface area contributed by atoms with Gasteiger partial charge in [0, 0.05) is 23.6 Å². The summed E-state index contributed by atoms with van der Waals surface area (Å²) in [7, 11) is 0. The molecule has 0 radical (unpaired) electrons. The first-order valence-electron chi connectivity index (χ1n) is 11.4. The third kappa shape index (κ3) is 5.72. The first-order valence-corrected chi connectivity index (χ1v) is 11.4. The molecular weight excluding hydrogens is 507 g/mol. The lowest BCUT2D eigenvalue weighted by molar-refractivity contribution is -0.137. The van der Waals surface area contributed by atoms with Gasteiger partial charge in [-0.3, -0.25) is 9.59 Å². The molecule has 10 nitrogen and oxygen atoms in total. The van der Waals surface area contributed by atoms with E-state index in [2.05, 4.69) is 20.6 Å². The van der Waals surface area contributed by atoms with E-state index in [1.54, 1.807) is 25.1 Å². The quantitative estimate of drug-likeness (QED) is 0.295. The second-order valence-electron chi connectivity index (χ2n) is 8.33. The Morgan fingerprint density at radius 1 is 1.03 bits per heavy atom. The van der Waals surface area contributed by atoms with Crippen LogP contribution in [0.1, 0.15) is 37.0 Å². The topological polar surface area (TPSA) is 157 Å². The molecule has 0 aliphatic heterocycles. The molecule has 198 valence electrons. The molecule has 2 aromatic heterocycles. The first kappa shape index (κ1) is 26.5. The molecule has 2 aromatic carbocycles. The number of carbonyl (C=O) groups is 2. The van der Waals surface area contributed by atoms with Crippen LogP contribution in [0.2, 0.25) is 0 Å². The van der Waals surface area contributed by atoms with Crippen LogP contribution < -0.4 is 11.1 Å². The first-order chi connectivity index (χ1) is 18.1. The molecule has 2 atom stereocenters. The summed E-state index contributed by atoms with van der Waals surface area (Å²) in [5.74, 6) is -2.60. The molecule has 4 rings (SSSR count). The Bertz CT molecular complexity index is 1420. The monoisotopic (exact) mass is 529 g/mol. The second kappa shape index (κ2) is 10.8. The number of hydrogen-bond acceptors (Lipinski definition) is 8. The van der Waals surface area contributed by atoms with Crippen molar-refractivity contribution in [1.82, 2.24) is 20.6 Å². The van der Waals surface area contributed by atoms with Gasteiger partial charge in [0.2, 0.25) is 17.5 Å². The number of alkyl halides is 3. The van der Waals surface area contributed by atoms with E-state index < -0.39 is 53.0 Å². The van der Waals surface area contributed by atoms with Gasteiger partial charge in [-0.1, -0.05) is 71.8 Å². The summed E-state index contributed by atoms with van der Waals surface area (Å²) in [5, 5.41) is 20.3. The van der Waals surface area contributed by atoms with Crippen molar-refractivity contribution in [2.45, 2.75) is 38.1 Å². The van der Waals surface area contributed by atoms with Crippen LogP contribution in [0.4, 0.5) is 13.2 Å². The number of aliphatic hydroxyl groups is 1. The number of primary amides is 1. The van der Waals surface area contributed by atoms with Gasteiger partial charge in [-0.05, 0) is 12.0 Å². The van der Waals surface area contributed by atoms with Crippen molar-refractivity contribution in [1.29, 1.82) is 0 Å². The number of rotatable bonds is 9. The molecule has 0 bridgehead atoms. The van der Waals surface area contributed by atoms with Gasteiger partial charge in [0.25, 0.3) is 11.8 Å². The van der Waals surface area contributed by atoms with E-state index in [0.29, 0.717) is 12.0 Å². The van der Waals surface area contributed by atoms with Crippen LogP contribution in [-0.2, 0) is 15.8 Å². The van der Waals surface area contributed by atoms with E-state index in [1.807, 2.05) is 0 Å². The smallest absolute Gasteiger partial charge is 0.378 e. The number of nitrogens with two attached hydrogens (primary N) is 1. The minimum absolute atomic E-state index is 0.0521. The normalized spacial score (nSPS) is 13.2. The number of amides is 2. The molecule has 0 saturated carbocycles. The predicted molar refractivity (Wildman–Crippen MR) is 127 cm³/mol. The highest BCUT2D eigenvalue weighted by Crippen LogP contribution is 2.43. The summed E-state index contributed by atoms with van der Waals surface area (Å²) in [6.07, 6.45) is -5.98. The number of halogens is 3. The molecule has 2 unspecified atom stereocenters. The predicted octanol–water partition coefficient (Wildman–Crippen LogP) is 3.88. The number of nitrogens with one attached hydrogen (secondary N) is 1. The van der Waals surface area contributed by atoms with Crippen molar-refractivity contribution in [2.75, 3.05) is 0 Å². The molecule has 4 N–H and O–H groups in total. The summed E-state index contributed by atoms with van der Waals surface area (Å²) in [5.41, 5.74) is 4.37. The second-order valence-corrected chi connectivity index (χ2v) is 8.33. The summed E-state index contributed by atoms with van der Waals surface area (Å²) < 4.78 is 51.8. The SMILES string of the molecule is CCC(CC(N)=O)NC(=O)C(O)c1ccc(-c2noc(-c3onc(-c4ccccc4)c3C(F)(F)F)n2)cc1. The molecule has 0 aliphatic rings. The zero-order chi connectivity index (χ0) is 27.4. The van der Waals surface area contributed by atoms with Crippen LogP contribution in [0, 0.1) is 0 Å². The Hall–Kier alpha value is -4.52. The zero-order valence-corrected chi connectivity index (χ0v) is 19.9. The Morgan fingerprint density at radius 3 is 2.32 bits per heavy atom. The minimum atomic E-state index is -4.82. The van der Waals surface area contributed by atoms with E-state index in [0.717, 1.165) is 0 Å². The van der Waals surface area contributed by atoms with Crippen LogP contribution >= 0.6 is 0 Å². The fourth-order valence-electron chi connectivity index (χ4n) is 3.71. The van der Waals surface area contributed by atoms with Crippen LogP contribution in [0.25, 0.3) is 34.3 Å². The number of aliphatic hydroxyl groups excluding tert-OH is 1. The molecule has 4 aromatic rings. The molecule has 2 amide bonds. The number of nitrogens with zero attached hydrogens (tertiary/aromatic N) is 3. The lowest BCUT2D eigenvalue weighted by Gasteiger charge is -2.18. The van der Waals surface area contributed by atoms with Crippen molar-refractivity contribution in [3.63, 3.8) is 0 Å². The number of aromatic nitrogens is 3. The van der Waals surface area contributed by atoms with E-state index in [4.69, 9.17) is 14.8 Å². The molecule has 0 saturated heterocycles. The third-order valence-electron chi connectivity index (χ3n) is 5.66. The number of hydrogen-bond donors (Lipinski definition) is 3. The van der Waals surface area contributed by atoms with Gasteiger partial charge < -0.3 is 25.2 Å². The number of benzene rings is 2. The summed E-state index contributed by atoms with van der Waals surface area (Å²) in [6, 6.07) is 13.0. The van der Waals surface area contributed by atoms with E-state index >= 15 is 0 Å². The molecule has 0 fully saturated rings. The van der Waals surface area contributed by atoms with Crippen molar-refractivity contribution < 1.29 is 36.9 Å². The lowest BCUT2D eigenvalue weighted by atomic mass is 10.0. The van der Waals surface area contributed by atoms with Gasteiger partial charge in [-0.15, -0.1) is 0 Å². The molecule has 2 heterocycles. The average molecular weight is 529 g/mol. The maximum absolute atomic E-state index is 13.9. The zero-order valence-electron chi connectivity index (χ0n) is 19.9. The highest BCUT2D eigenvalue weighted by Gasteiger charge is 2.43. The number of carbonyl (C=O) groups excluding carboxylic acids is 2. The summed E-state index contributed by atoms with van der Waals surface area (Å²) >= 11 is 0. The van der Waals surface area contributed by atoms with Crippen molar-refractivity contribution >= 4 is 11.8 Å². The van der Waals surface area contributed by atoms with Gasteiger partial charge in [-0.2, -0.15) is 18.2 Å². The highest BCUT2D eigenvalue weighted by atomic mass is 19.4. The van der Waals surface area contributed by atoms with Crippen molar-refractivity contribution in [3.8, 4) is 34.3 Å². The van der Waals surface area contributed by atoms with Gasteiger partial charge in [0.15, 0.2) is 6.10 Å². The van der Waals surface area contributed by atoms with E-state index in [1.165, 1.54) is 36.4 Å². The Labute approximate surface area is 213 Å². The molecule has 13 heteroatoms. The van der Waals surface area contributed by atoms with Crippen LogP contribution in [-0.4, -0.2) is 38.3 Å². The minimum Gasteiger partial charge on any atom is -0.378 e. The van der Waals surface area contributed by atoms with E-state index in [9.17, 15) is 27.9 Å². The van der Waals surface area contributed by atoms with Gasteiger partial charge >= 0.3 is 6.18 Å². The van der Waals surface area contributed by atoms with Crippen molar-refractivity contribution in [2.24, 2.45) is 5.73 Å². The van der Waals surface area contributed by atoms with E-state index in [-0.39, 0.29) is 23.4 Å². The molecular formula is C25H22F3N5O5. The van der Waals surface area contributed by atoms with Gasteiger partial charge in [-0.25, -0.2) is 0 Å². The molecule has 0 spiro atoms. The lowest BCUT2D eigenvalue weighted by Crippen LogP contribution is -2.40. The summed E-state index contributed by atoms with van der Waals surface area (Å²) in [6.45, 7) is 1.76. The maximum atomic E-state index is 13.9. The van der Waals surface area contributed by atoms with Crippen LogP contribution in [0.15, 0.2) is 63.6 Å². The Morgan fingerprint density at radius 2 is 1.71 bits per heavy atom. The van der Waals surface area contributed by atoms with Crippen molar-refractivity contribution in [3.05, 3.63) is 65.7 Å². The summed E-state index contributed by atoms with van der Waals surface area (Å²) in [4.78, 5) is 27.5. The Balaban J connectivity index is 1.55.